The second-order valence-electron chi connectivity index (χ2n) is 7.42. The molecule has 0 amide bonds. The molecule has 0 bridgehead atoms. The lowest BCUT2D eigenvalue weighted by Gasteiger charge is -2.36. The number of ether oxygens (including phenoxy) is 3. The highest BCUT2D eigenvalue weighted by atomic mass is 35.5. The molecule has 4 rings (SSSR count). The summed E-state index contributed by atoms with van der Waals surface area (Å²) in [7, 11) is 4.72. The average Bonchev–Trinajstić information content (AvgIpc) is 2.83. The van der Waals surface area contributed by atoms with Gasteiger partial charge in [0.2, 0.25) is 0 Å². The number of nitrogens with zero attached hydrogens (tertiary/aromatic N) is 1. The Bertz CT molecular complexity index is 1220. The summed E-state index contributed by atoms with van der Waals surface area (Å²) in [5.41, 5.74) is 8.66. The summed E-state index contributed by atoms with van der Waals surface area (Å²) in [4.78, 5) is 4.75. The summed E-state index contributed by atoms with van der Waals surface area (Å²) in [5, 5.41) is 6.64. The third-order valence-electron chi connectivity index (χ3n) is 5.57. The van der Waals surface area contributed by atoms with Gasteiger partial charge in [0.25, 0.3) is 0 Å². The molecule has 3 aromatic carbocycles. The number of nitrogens with one attached hydrogen (secondary N) is 2. The SMILES string of the molecule is COc1cc2c(cc1N)C(NCc1ccc(OC)c(OC)c1)(c1ccc(F)c(Cl)c1)N=CN2. The van der Waals surface area contributed by atoms with Gasteiger partial charge in [-0.1, -0.05) is 23.7 Å². The monoisotopic (exact) mass is 470 g/mol. The minimum absolute atomic E-state index is 0.00319. The van der Waals surface area contributed by atoms with Crippen molar-refractivity contribution >= 4 is 29.3 Å². The largest absolute Gasteiger partial charge is 0.495 e. The molecule has 1 atom stereocenters. The van der Waals surface area contributed by atoms with Crippen molar-refractivity contribution in [3.63, 3.8) is 0 Å². The van der Waals surface area contributed by atoms with Crippen molar-refractivity contribution in [1.29, 1.82) is 0 Å². The first-order chi connectivity index (χ1) is 15.9. The first-order valence-electron chi connectivity index (χ1n) is 10.1. The van der Waals surface area contributed by atoms with Gasteiger partial charge >= 0.3 is 0 Å². The predicted octanol–water partition coefficient (Wildman–Crippen LogP) is 4.53. The fourth-order valence-corrected chi connectivity index (χ4v) is 4.06. The number of rotatable bonds is 7. The number of hydrogen-bond acceptors (Lipinski definition) is 7. The van der Waals surface area contributed by atoms with E-state index in [-0.39, 0.29) is 5.02 Å². The minimum Gasteiger partial charge on any atom is -0.495 e. The molecule has 172 valence electrons. The van der Waals surface area contributed by atoms with Crippen molar-refractivity contribution in [3.05, 3.63) is 76.1 Å². The lowest BCUT2D eigenvalue weighted by atomic mass is 9.88. The van der Waals surface area contributed by atoms with Crippen molar-refractivity contribution in [2.45, 2.75) is 12.2 Å². The normalized spacial score (nSPS) is 16.6. The molecule has 1 aliphatic heterocycles. The molecule has 33 heavy (non-hydrogen) atoms. The Balaban J connectivity index is 1.82. The van der Waals surface area contributed by atoms with Crippen molar-refractivity contribution in [2.75, 3.05) is 32.4 Å². The Kier molecular flexibility index (Phi) is 6.31. The van der Waals surface area contributed by atoms with E-state index in [4.69, 9.17) is 36.5 Å². The summed E-state index contributed by atoms with van der Waals surface area (Å²) < 4.78 is 30.1. The van der Waals surface area contributed by atoms with Crippen LogP contribution in [0.4, 0.5) is 15.8 Å². The van der Waals surface area contributed by atoms with Crippen LogP contribution >= 0.6 is 11.6 Å². The molecule has 1 aliphatic rings. The molecule has 0 aromatic heterocycles. The number of nitrogen functional groups attached to an aromatic ring is 1. The first-order valence-corrected chi connectivity index (χ1v) is 10.5. The van der Waals surface area contributed by atoms with Crippen LogP contribution in [0.5, 0.6) is 17.2 Å². The van der Waals surface area contributed by atoms with Crippen LogP contribution in [-0.4, -0.2) is 27.7 Å². The molecular weight excluding hydrogens is 447 g/mol. The topological polar surface area (TPSA) is 90.1 Å². The lowest BCUT2D eigenvalue weighted by molar-refractivity contribution is 0.353. The number of halogens is 2. The highest BCUT2D eigenvalue weighted by Crippen LogP contribution is 2.43. The van der Waals surface area contributed by atoms with Gasteiger partial charge in [-0.05, 0) is 35.9 Å². The van der Waals surface area contributed by atoms with Gasteiger partial charge in [-0.15, -0.1) is 0 Å². The second-order valence-corrected chi connectivity index (χ2v) is 7.83. The van der Waals surface area contributed by atoms with Gasteiger partial charge in [0.15, 0.2) is 17.2 Å². The Morgan fingerprint density at radius 3 is 2.45 bits per heavy atom. The highest BCUT2D eigenvalue weighted by molar-refractivity contribution is 6.30. The predicted molar refractivity (Wildman–Crippen MR) is 128 cm³/mol. The molecule has 0 spiro atoms. The van der Waals surface area contributed by atoms with Crippen molar-refractivity contribution in [2.24, 2.45) is 4.99 Å². The molecule has 3 aromatic rings. The highest BCUT2D eigenvalue weighted by Gasteiger charge is 2.38. The van der Waals surface area contributed by atoms with E-state index in [9.17, 15) is 4.39 Å². The maximum Gasteiger partial charge on any atom is 0.166 e. The van der Waals surface area contributed by atoms with Gasteiger partial charge in [0.1, 0.15) is 11.6 Å². The zero-order chi connectivity index (χ0) is 23.6. The molecule has 7 nitrogen and oxygen atoms in total. The molecular formula is C24H24ClFN4O3. The first kappa shape index (κ1) is 22.7. The quantitative estimate of drug-likeness (QED) is 0.439. The summed E-state index contributed by atoms with van der Waals surface area (Å²) in [6.45, 7) is 0.401. The van der Waals surface area contributed by atoms with Crippen LogP contribution in [-0.2, 0) is 12.2 Å². The summed E-state index contributed by atoms with van der Waals surface area (Å²) >= 11 is 6.15. The minimum atomic E-state index is -1.09. The Labute approximate surface area is 196 Å². The van der Waals surface area contributed by atoms with E-state index in [1.807, 2.05) is 18.2 Å². The number of aliphatic imine (C=N–C) groups is 1. The van der Waals surface area contributed by atoms with Gasteiger partial charge in [0.05, 0.1) is 44.1 Å². The molecule has 1 unspecified atom stereocenters. The van der Waals surface area contributed by atoms with E-state index in [1.54, 1.807) is 51.9 Å². The maximum absolute atomic E-state index is 14.0. The molecule has 4 N–H and O–H groups in total. The van der Waals surface area contributed by atoms with Crippen LogP contribution in [0.1, 0.15) is 16.7 Å². The molecule has 0 fully saturated rings. The number of hydrogen-bond donors (Lipinski definition) is 3. The summed E-state index contributed by atoms with van der Waals surface area (Å²) in [6, 6.07) is 13.8. The number of methoxy groups -OCH3 is 3. The molecule has 0 radical (unpaired) electrons. The fourth-order valence-electron chi connectivity index (χ4n) is 3.87. The van der Waals surface area contributed by atoms with Gasteiger partial charge in [-0.25, -0.2) is 9.38 Å². The van der Waals surface area contributed by atoms with E-state index >= 15 is 0 Å². The number of nitrogens with two attached hydrogens (primary N) is 1. The Morgan fingerprint density at radius 1 is 1.00 bits per heavy atom. The average molecular weight is 471 g/mol. The van der Waals surface area contributed by atoms with Crippen LogP contribution < -0.4 is 30.6 Å². The second kappa shape index (κ2) is 9.17. The van der Waals surface area contributed by atoms with Crippen LogP contribution in [0, 0.1) is 5.82 Å². The van der Waals surface area contributed by atoms with Crippen LogP contribution in [0.2, 0.25) is 5.02 Å². The zero-order valence-corrected chi connectivity index (χ0v) is 19.2. The van der Waals surface area contributed by atoms with Crippen LogP contribution in [0.3, 0.4) is 0 Å². The standard InChI is InChI=1S/C24H24ClFN4O3/c1-31-21-7-4-14(8-23(21)33-3)12-29-24(15-5-6-18(26)17(25)9-15)16-10-19(27)22(32-2)11-20(16)28-13-30-24/h4-11,13,29H,12,27H2,1-3H3,(H,28,30). The molecule has 0 saturated carbocycles. The maximum atomic E-state index is 14.0. The Hall–Kier alpha value is -3.49. The van der Waals surface area contributed by atoms with Crippen molar-refractivity contribution in [1.82, 2.24) is 5.32 Å². The van der Waals surface area contributed by atoms with E-state index in [0.717, 1.165) is 16.8 Å². The van der Waals surface area contributed by atoms with Gasteiger partial charge in [0, 0.05) is 23.7 Å². The third-order valence-corrected chi connectivity index (χ3v) is 5.86. The van der Waals surface area contributed by atoms with E-state index in [2.05, 4.69) is 10.6 Å². The van der Waals surface area contributed by atoms with Gasteiger partial charge in [-0.3, -0.25) is 5.32 Å². The smallest absolute Gasteiger partial charge is 0.166 e. The molecule has 0 saturated heterocycles. The third kappa shape index (κ3) is 4.15. The number of fused-ring (bicyclic) bond motifs is 1. The van der Waals surface area contributed by atoms with E-state index in [1.165, 1.54) is 6.07 Å². The number of anilines is 2. The summed E-state index contributed by atoms with van der Waals surface area (Å²) in [5.74, 6) is 1.26. The molecule has 1 heterocycles. The number of benzene rings is 3. The van der Waals surface area contributed by atoms with Crippen molar-refractivity contribution < 1.29 is 18.6 Å². The Morgan fingerprint density at radius 2 is 1.76 bits per heavy atom. The van der Waals surface area contributed by atoms with E-state index in [0.29, 0.717) is 35.0 Å². The van der Waals surface area contributed by atoms with Crippen LogP contribution in [0.15, 0.2) is 53.5 Å². The molecule has 9 heteroatoms. The molecule has 0 aliphatic carbocycles. The van der Waals surface area contributed by atoms with Gasteiger partial charge < -0.3 is 25.3 Å². The van der Waals surface area contributed by atoms with E-state index < -0.39 is 11.5 Å². The van der Waals surface area contributed by atoms with Crippen molar-refractivity contribution in [3.8, 4) is 17.2 Å². The fraction of sp³-hybridized carbons (Fsp3) is 0.208. The zero-order valence-electron chi connectivity index (χ0n) is 18.4. The van der Waals surface area contributed by atoms with Gasteiger partial charge in [-0.2, -0.15) is 0 Å². The summed E-state index contributed by atoms with van der Waals surface area (Å²) in [6.07, 6.45) is 1.58. The van der Waals surface area contributed by atoms with Crippen LogP contribution in [0.25, 0.3) is 0 Å². The lowest BCUT2D eigenvalue weighted by Crippen LogP contribution is -2.44.